The number of hydrogen-bond donors (Lipinski definition) is 0. The van der Waals surface area contributed by atoms with Gasteiger partial charge in [-0.25, -0.2) is 0 Å². The fourth-order valence-corrected chi connectivity index (χ4v) is 5.48. The third-order valence-corrected chi connectivity index (χ3v) is 5.97. The number of hydrogen-bond acceptors (Lipinski definition) is 0. The molecule has 19 heavy (non-hydrogen) atoms. The molecule has 0 amide bonds. The Morgan fingerprint density at radius 1 is 0.737 bits per heavy atom. The van der Waals surface area contributed by atoms with Crippen molar-refractivity contribution in [3.05, 3.63) is 78.7 Å². The van der Waals surface area contributed by atoms with Crippen molar-refractivity contribution in [3.8, 4) is 0 Å². The molecule has 0 spiro atoms. The van der Waals surface area contributed by atoms with Gasteiger partial charge >= 0.3 is 0 Å². The van der Waals surface area contributed by atoms with Crippen LogP contribution in [0, 0.1) is 6.92 Å². The van der Waals surface area contributed by atoms with Crippen molar-refractivity contribution >= 4 is 9.52 Å². The van der Waals surface area contributed by atoms with Gasteiger partial charge in [-0.2, -0.15) is 0 Å². The summed E-state index contributed by atoms with van der Waals surface area (Å²) in [5.74, 6) is 0. The molecule has 0 atom stereocenters. The molecule has 0 aliphatic heterocycles. The fraction of sp³-hybridized carbons (Fsp3) is 0.278. The Labute approximate surface area is 119 Å². The number of benzene rings is 2. The molecule has 0 nitrogen and oxygen atoms in total. The van der Waals surface area contributed by atoms with Crippen molar-refractivity contribution < 1.29 is 0 Å². The lowest BCUT2D eigenvalue weighted by Crippen LogP contribution is -2.36. The van der Waals surface area contributed by atoms with Gasteiger partial charge in [-0.1, -0.05) is 81.4 Å². The van der Waals surface area contributed by atoms with Crippen molar-refractivity contribution in [2.75, 3.05) is 0 Å². The molecule has 0 aromatic heterocycles. The summed E-state index contributed by atoms with van der Waals surface area (Å²) in [4.78, 5) is 0. The largest absolute Gasteiger partial charge is 0.0631 e. The molecule has 0 fully saturated rings. The predicted octanol–water partition coefficient (Wildman–Crippen LogP) is 4.15. The minimum absolute atomic E-state index is 0.0409. The highest BCUT2D eigenvalue weighted by atomic mass is 28.2. The van der Waals surface area contributed by atoms with Crippen molar-refractivity contribution in [2.45, 2.75) is 30.8 Å². The summed E-state index contributed by atoms with van der Waals surface area (Å²) >= 11 is 0. The topological polar surface area (TPSA) is 0 Å². The first-order valence-corrected chi connectivity index (χ1v) is 8.30. The van der Waals surface area contributed by atoms with E-state index in [2.05, 4.69) is 88.4 Å². The predicted molar refractivity (Wildman–Crippen MR) is 87.3 cm³/mol. The van der Waals surface area contributed by atoms with Gasteiger partial charge in [-0.15, -0.1) is 0 Å². The van der Waals surface area contributed by atoms with E-state index in [9.17, 15) is 0 Å². The Hall–Kier alpha value is -1.34. The zero-order chi connectivity index (χ0) is 13.9. The zero-order valence-electron chi connectivity index (χ0n) is 12.2. The fourth-order valence-electron chi connectivity index (χ4n) is 2.79. The van der Waals surface area contributed by atoms with Gasteiger partial charge < -0.3 is 0 Å². The average Bonchev–Trinajstić information content (AvgIpc) is 2.39. The van der Waals surface area contributed by atoms with Crippen molar-refractivity contribution in [1.82, 2.24) is 0 Å². The Morgan fingerprint density at radius 2 is 1.11 bits per heavy atom. The molecule has 2 aromatic carbocycles. The summed E-state index contributed by atoms with van der Waals surface area (Å²) in [6.45, 7) is 11.7. The Bertz CT molecular complexity index is 469. The van der Waals surface area contributed by atoms with Gasteiger partial charge in [-0.3, -0.25) is 0 Å². The van der Waals surface area contributed by atoms with E-state index in [4.69, 9.17) is 0 Å². The van der Waals surface area contributed by atoms with Gasteiger partial charge in [-0.05, 0) is 23.1 Å². The Morgan fingerprint density at radius 3 is 1.42 bits per heavy atom. The molecule has 0 N–H and O–H groups in total. The lowest BCUT2D eigenvalue weighted by atomic mass is 9.92. The maximum absolute atomic E-state index is 4.66. The average molecular weight is 267 g/mol. The van der Waals surface area contributed by atoms with Crippen LogP contribution in [0.1, 0.15) is 31.9 Å². The highest BCUT2D eigenvalue weighted by molar-refractivity contribution is 6.45. The molecule has 0 saturated carbocycles. The second kappa shape index (κ2) is 5.34. The van der Waals surface area contributed by atoms with Crippen molar-refractivity contribution in [2.24, 2.45) is 0 Å². The summed E-state index contributed by atoms with van der Waals surface area (Å²) in [7, 11) is -0.440. The monoisotopic (exact) mass is 267 g/mol. The van der Waals surface area contributed by atoms with Crippen molar-refractivity contribution in [1.29, 1.82) is 0 Å². The van der Waals surface area contributed by atoms with E-state index < -0.39 is 9.52 Å². The van der Waals surface area contributed by atoms with Gasteiger partial charge in [0.1, 0.15) is 0 Å². The van der Waals surface area contributed by atoms with Crippen molar-refractivity contribution in [3.63, 3.8) is 0 Å². The molecule has 2 rings (SSSR count). The van der Waals surface area contributed by atoms with E-state index in [1.165, 1.54) is 11.1 Å². The van der Waals surface area contributed by atoms with Crippen LogP contribution in [-0.2, 0) is 5.04 Å². The van der Waals surface area contributed by atoms with E-state index in [-0.39, 0.29) is 5.04 Å². The SMILES string of the molecule is [CH2]C([SiH2]C(C)(C)C)(c1ccccc1)c1ccccc1. The van der Waals surface area contributed by atoms with Gasteiger partial charge in [0.15, 0.2) is 0 Å². The van der Waals surface area contributed by atoms with Gasteiger partial charge in [0.25, 0.3) is 0 Å². The Kier molecular flexibility index (Phi) is 3.95. The molecule has 2 aromatic rings. The van der Waals surface area contributed by atoms with Crippen LogP contribution in [0.3, 0.4) is 0 Å². The van der Waals surface area contributed by atoms with Crippen LogP contribution in [-0.4, -0.2) is 9.52 Å². The molecule has 1 radical (unpaired) electrons. The third-order valence-electron chi connectivity index (χ3n) is 3.48. The summed E-state index contributed by atoms with van der Waals surface area (Å²) in [5, 5.41) is 0.328. The Balaban J connectivity index is 2.51. The summed E-state index contributed by atoms with van der Waals surface area (Å²) in [6, 6.07) is 21.5. The third kappa shape index (κ3) is 3.36. The molecular weight excluding hydrogens is 244 g/mol. The molecule has 0 aliphatic rings. The molecule has 1 heteroatoms. The van der Waals surface area contributed by atoms with E-state index >= 15 is 0 Å². The van der Waals surface area contributed by atoms with Crippen LogP contribution in [0.4, 0.5) is 0 Å². The highest BCUT2D eigenvalue weighted by Gasteiger charge is 2.33. The van der Waals surface area contributed by atoms with Crippen LogP contribution in [0.5, 0.6) is 0 Å². The first kappa shape index (κ1) is 14.1. The van der Waals surface area contributed by atoms with E-state index in [1.807, 2.05) is 0 Å². The van der Waals surface area contributed by atoms with E-state index in [0.717, 1.165) is 0 Å². The van der Waals surface area contributed by atoms with Crippen LogP contribution in [0.25, 0.3) is 0 Å². The van der Waals surface area contributed by atoms with E-state index in [0.29, 0.717) is 5.04 Å². The number of rotatable bonds is 3. The molecule has 0 saturated heterocycles. The minimum Gasteiger partial charge on any atom is -0.0631 e. The highest BCUT2D eigenvalue weighted by Crippen LogP contribution is 2.37. The summed E-state index contributed by atoms with van der Waals surface area (Å²) in [5.41, 5.74) is 2.70. The van der Waals surface area contributed by atoms with Crippen LogP contribution >= 0.6 is 0 Å². The van der Waals surface area contributed by atoms with Crippen LogP contribution < -0.4 is 0 Å². The van der Waals surface area contributed by atoms with E-state index in [1.54, 1.807) is 0 Å². The normalized spacial score (nSPS) is 13.1. The molecule has 0 heterocycles. The second-order valence-electron chi connectivity index (χ2n) is 6.55. The van der Waals surface area contributed by atoms with Gasteiger partial charge in [0.05, 0.1) is 0 Å². The van der Waals surface area contributed by atoms with Crippen LogP contribution in [0.15, 0.2) is 60.7 Å². The summed E-state index contributed by atoms with van der Waals surface area (Å²) < 4.78 is 0. The molecule has 0 bridgehead atoms. The maximum atomic E-state index is 4.66. The van der Waals surface area contributed by atoms with Gasteiger partial charge in [0, 0.05) is 14.6 Å². The molecule has 0 unspecified atom stereocenters. The lowest BCUT2D eigenvalue weighted by Gasteiger charge is -2.36. The standard InChI is InChI=1S/C18H23Si/c1-17(2,3)19-18(4,15-11-7-5-8-12-15)16-13-9-6-10-14-16/h5-14H,4,19H2,1-3H3. The van der Waals surface area contributed by atoms with Crippen LogP contribution in [0.2, 0.25) is 5.04 Å². The lowest BCUT2D eigenvalue weighted by molar-refractivity contribution is 0.714. The quantitative estimate of drug-likeness (QED) is 0.733. The first-order valence-electron chi connectivity index (χ1n) is 6.88. The second-order valence-corrected chi connectivity index (χ2v) is 10.2. The van der Waals surface area contributed by atoms with Gasteiger partial charge in [0.2, 0.25) is 0 Å². The maximum Gasteiger partial charge on any atom is 0.0440 e. The first-order chi connectivity index (χ1) is 8.92. The molecular formula is C18H23Si. The smallest absolute Gasteiger partial charge is 0.0440 e. The molecule has 99 valence electrons. The zero-order valence-corrected chi connectivity index (χ0v) is 13.6. The molecule has 0 aliphatic carbocycles. The minimum atomic E-state index is -0.440. The summed E-state index contributed by atoms with van der Waals surface area (Å²) in [6.07, 6.45) is 0.